The van der Waals surface area contributed by atoms with Crippen molar-refractivity contribution in [3.8, 4) is 0 Å². The maximum absolute atomic E-state index is 5.81. The molecule has 0 atom stereocenters. The lowest BCUT2D eigenvalue weighted by atomic mass is 9.85. The Balaban J connectivity index is 2.10. The molecule has 3 nitrogen and oxygen atoms in total. The predicted octanol–water partition coefficient (Wildman–Crippen LogP) is 3.06. The third-order valence-corrected chi connectivity index (χ3v) is 4.63. The lowest BCUT2D eigenvalue weighted by Crippen LogP contribution is -2.31. The van der Waals surface area contributed by atoms with Gasteiger partial charge < -0.3 is 10.1 Å². The number of hydrogen-bond acceptors (Lipinski definition) is 4. The fourth-order valence-electron chi connectivity index (χ4n) is 2.48. The van der Waals surface area contributed by atoms with Crippen molar-refractivity contribution in [3.63, 3.8) is 0 Å². The number of nitrogens with one attached hydrogen (secondary N) is 1. The van der Waals surface area contributed by atoms with Crippen LogP contribution in [-0.4, -0.2) is 18.6 Å². The van der Waals surface area contributed by atoms with Gasteiger partial charge in [-0.2, -0.15) is 0 Å². The predicted molar refractivity (Wildman–Crippen MR) is 71.3 cm³/mol. The standard InChI is InChI=1S/C13H22N2OS/c1-3-14-9-11-10-17-12(15-11)13(16-2)7-5-4-6-8-13/h10,14H,3-9H2,1-2H3. The van der Waals surface area contributed by atoms with E-state index in [1.165, 1.54) is 24.3 Å². The first-order valence-electron chi connectivity index (χ1n) is 6.51. The number of thiazole rings is 1. The summed E-state index contributed by atoms with van der Waals surface area (Å²) in [7, 11) is 1.83. The first-order valence-corrected chi connectivity index (χ1v) is 7.39. The molecular formula is C13H22N2OS. The Hall–Kier alpha value is -0.450. The summed E-state index contributed by atoms with van der Waals surface area (Å²) in [4.78, 5) is 4.75. The zero-order valence-electron chi connectivity index (χ0n) is 10.8. The average Bonchev–Trinajstić information content (AvgIpc) is 2.86. The molecule has 0 spiro atoms. The highest BCUT2D eigenvalue weighted by atomic mass is 32.1. The van der Waals surface area contributed by atoms with Gasteiger partial charge >= 0.3 is 0 Å². The smallest absolute Gasteiger partial charge is 0.125 e. The van der Waals surface area contributed by atoms with Crippen molar-refractivity contribution in [2.75, 3.05) is 13.7 Å². The minimum atomic E-state index is -0.0899. The van der Waals surface area contributed by atoms with Crippen LogP contribution in [0.3, 0.4) is 0 Å². The van der Waals surface area contributed by atoms with E-state index >= 15 is 0 Å². The van der Waals surface area contributed by atoms with Crippen LogP contribution in [0.5, 0.6) is 0 Å². The van der Waals surface area contributed by atoms with Crippen LogP contribution >= 0.6 is 11.3 Å². The Labute approximate surface area is 108 Å². The molecule has 2 rings (SSSR count). The zero-order valence-corrected chi connectivity index (χ0v) is 11.6. The lowest BCUT2D eigenvalue weighted by Gasteiger charge is -2.34. The van der Waals surface area contributed by atoms with Crippen molar-refractivity contribution in [3.05, 3.63) is 16.1 Å². The molecule has 0 aliphatic heterocycles. The summed E-state index contributed by atoms with van der Waals surface area (Å²) in [6.07, 6.45) is 6.10. The molecule has 96 valence electrons. The summed E-state index contributed by atoms with van der Waals surface area (Å²) in [5.41, 5.74) is 1.06. The quantitative estimate of drug-likeness (QED) is 0.877. The van der Waals surface area contributed by atoms with Gasteiger partial charge in [0.05, 0.1) is 5.69 Å². The molecule has 1 aromatic heterocycles. The maximum atomic E-state index is 5.81. The van der Waals surface area contributed by atoms with Gasteiger partial charge in [0.2, 0.25) is 0 Å². The Bertz CT molecular complexity index is 345. The maximum Gasteiger partial charge on any atom is 0.125 e. The van der Waals surface area contributed by atoms with Crippen LogP contribution in [0.4, 0.5) is 0 Å². The van der Waals surface area contributed by atoms with Crippen LogP contribution in [-0.2, 0) is 16.9 Å². The molecule has 0 bridgehead atoms. The summed E-state index contributed by atoms with van der Waals surface area (Å²) in [6, 6.07) is 0. The van der Waals surface area contributed by atoms with E-state index in [1.807, 2.05) is 7.11 Å². The van der Waals surface area contributed by atoms with Crippen molar-refractivity contribution in [1.82, 2.24) is 10.3 Å². The number of nitrogens with zero attached hydrogens (tertiary/aromatic N) is 1. The summed E-state index contributed by atoms with van der Waals surface area (Å²) < 4.78 is 5.81. The summed E-state index contributed by atoms with van der Waals surface area (Å²) >= 11 is 1.75. The van der Waals surface area contributed by atoms with Gasteiger partial charge in [-0.05, 0) is 19.4 Å². The van der Waals surface area contributed by atoms with Crippen LogP contribution in [0.15, 0.2) is 5.38 Å². The van der Waals surface area contributed by atoms with Gasteiger partial charge in [0, 0.05) is 19.0 Å². The fourth-order valence-corrected chi connectivity index (χ4v) is 3.53. The molecule has 4 heteroatoms. The number of rotatable bonds is 5. The number of methoxy groups -OCH3 is 1. The summed E-state index contributed by atoms with van der Waals surface area (Å²) in [6.45, 7) is 3.97. The average molecular weight is 254 g/mol. The van der Waals surface area contributed by atoms with Crippen molar-refractivity contribution in [1.29, 1.82) is 0 Å². The van der Waals surface area contributed by atoms with Gasteiger partial charge in [0.15, 0.2) is 0 Å². The Kier molecular flexibility index (Phi) is 4.54. The minimum absolute atomic E-state index is 0.0899. The number of aromatic nitrogens is 1. The number of ether oxygens (including phenoxy) is 1. The molecule has 1 N–H and O–H groups in total. The molecule has 0 unspecified atom stereocenters. The topological polar surface area (TPSA) is 34.1 Å². The normalized spacial score (nSPS) is 19.4. The molecule has 1 saturated carbocycles. The van der Waals surface area contributed by atoms with Gasteiger partial charge in [0.25, 0.3) is 0 Å². The molecule has 1 heterocycles. The lowest BCUT2D eigenvalue weighted by molar-refractivity contribution is -0.0447. The molecule has 1 fully saturated rings. The summed E-state index contributed by atoms with van der Waals surface area (Å²) in [5, 5.41) is 6.65. The van der Waals surface area contributed by atoms with E-state index in [0.717, 1.165) is 31.6 Å². The SMILES string of the molecule is CCNCc1csc(C2(OC)CCCCC2)n1. The molecule has 0 amide bonds. The van der Waals surface area contributed by atoms with Crippen LogP contribution in [0.1, 0.15) is 49.7 Å². The van der Waals surface area contributed by atoms with Gasteiger partial charge in [-0.15, -0.1) is 11.3 Å². The number of hydrogen-bond donors (Lipinski definition) is 1. The van der Waals surface area contributed by atoms with Gasteiger partial charge in [-0.3, -0.25) is 0 Å². The third kappa shape index (κ3) is 2.87. The molecule has 0 radical (unpaired) electrons. The van der Waals surface area contributed by atoms with E-state index < -0.39 is 0 Å². The fraction of sp³-hybridized carbons (Fsp3) is 0.769. The molecule has 1 aliphatic carbocycles. The highest BCUT2D eigenvalue weighted by Crippen LogP contribution is 2.41. The van der Waals surface area contributed by atoms with E-state index in [2.05, 4.69) is 17.6 Å². The molecule has 0 saturated heterocycles. The van der Waals surface area contributed by atoms with Crippen molar-refractivity contribution in [2.45, 2.75) is 51.2 Å². The Morgan fingerprint density at radius 2 is 2.18 bits per heavy atom. The van der Waals surface area contributed by atoms with Crippen molar-refractivity contribution in [2.24, 2.45) is 0 Å². The van der Waals surface area contributed by atoms with E-state index in [9.17, 15) is 0 Å². The molecule has 17 heavy (non-hydrogen) atoms. The van der Waals surface area contributed by atoms with Crippen molar-refractivity contribution >= 4 is 11.3 Å². The second-order valence-corrected chi connectivity index (χ2v) is 5.54. The molecule has 1 aromatic rings. The van der Waals surface area contributed by atoms with Crippen LogP contribution in [0.2, 0.25) is 0 Å². The van der Waals surface area contributed by atoms with E-state index in [-0.39, 0.29) is 5.60 Å². The Morgan fingerprint density at radius 3 is 2.82 bits per heavy atom. The Morgan fingerprint density at radius 1 is 1.41 bits per heavy atom. The molecule has 1 aliphatic rings. The largest absolute Gasteiger partial charge is 0.371 e. The van der Waals surface area contributed by atoms with Crippen LogP contribution in [0, 0.1) is 0 Å². The molecular weight excluding hydrogens is 232 g/mol. The van der Waals surface area contributed by atoms with Crippen LogP contribution in [0.25, 0.3) is 0 Å². The van der Waals surface area contributed by atoms with E-state index in [0.29, 0.717) is 0 Å². The highest BCUT2D eigenvalue weighted by Gasteiger charge is 2.36. The van der Waals surface area contributed by atoms with Crippen LogP contribution < -0.4 is 5.32 Å². The van der Waals surface area contributed by atoms with Crippen molar-refractivity contribution < 1.29 is 4.74 Å². The highest BCUT2D eigenvalue weighted by molar-refractivity contribution is 7.09. The minimum Gasteiger partial charge on any atom is -0.371 e. The van der Waals surface area contributed by atoms with E-state index in [4.69, 9.17) is 9.72 Å². The van der Waals surface area contributed by atoms with Gasteiger partial charge in [-0.25, -0.2) is 4.98 Å². The molecule has 0 aromatic carbocycles. The van der Waals surface area contributed by atoms with Gasteiger partial charge in [0.1, 0.15) is 10.6 Å². The summed E-state index contributed by atoms with van der Waals surface area (Å²) in [5.74, 6) is 0. The monoisotopic (exact) mass is 254 g/mol. The zero-order chi connectivity index (χ0) is 12.1. The first kappa shape index (κ1) is 13.0. The third-order valence-electron chi connectivity index (χ3n) is 3.55. The van der Waals surface area contributed by atoms with Gasteiger partial charge in [-0.1, -0.05) is 26.2 Å². The second kappa shape index (κ2) is 5.94. The first-order chi connectivity index (χ1) is 8.30. The van der Waals surface area contributed by atoms with E-state index in [1.54, 1.807) is 11.3 Å². The second-order valence-electron chi connectivity index (χ2n) is 4.68.